The molecular formula is C13H8ClFN2OS. The van der Waals surface area contributed by atoms with E-state index in [1.807, 2.05) is 6.07 Å². The smallest absolute Gasteiger partial charge is 0.258 e. The van der Waals surface area contributed by atoms with Gasteiger partial charge >= 0.3 is 0 Å². The molecular weight excluding hydrogens is 287 g/mol. The van der Waals surface area contributed by atoms with E-state index in [0.29, 0.717) is 27.2 Å². The van der Waals surface area contributed by atoms with Crippen LogP contribution in [0.25, 0.3) is 11.2 Å². The summed E-state index contributed by atoms with van der Waals surface area (Å²) in [6.45, 7) is 0. The number of hydrogen-bond donors (Lipinski definition) is 0. The summed E-state index contributed by atoms with van der Waals surface area (Å²) in [5, 5.41) is 0.927. The van der Waals surface area contributed by atoms with Crippen molar-refractivity contribution >= 4 is 34.6 Å². The molecule has 0 saturated heterocycles. The van der Waals surface area contributed by atoms with Crippen molar-refractivity contribution in [3.8, 4) is 0 Å². The number of nitrogens with zero attached hydrogens (tertiary/aromatic N) is 2. The summed E-state index contributed by atoms with van der Waals surface area (Å²) < 4.78 is 18.4. The number of halogens is 2. The lowest BCUT2D eigenvalue weighted by atomic mass is 10.2. The van der Waals surface area contributed by atoms with Crippen molar-refractivity contribution in [3.63, 3.8) is 0 Å². The average Bonchev–Trinajstić information content (AvgIpc) is 2.80. The molecule has 0 fully saturated rings. The van der Waals surface area contributed by atoms with Crippen molar-refractivity contribution in [2.75, 3.05) is 0 Å². The zero-order valence-corrected chi connectivity index (χ0v) is 11.2. The second-order valence-electron chi connectivity index (χ2n) is 3.83. The minimum absolute atomic E-state index is 0.343. The van der Waals surface area contributed by atoms with Crippen molar-refractivity contribution in [2.24, 2.45) is 0 Å². The Hall–Kier alpha value is -1.59. The molecule has 0 saturated carbocycles. The van der Waals surface area contributed by atoms with Crippen LogP contribution >= 0.6 is 23.4 Å². The molecule has 6 heteroatoms. The minimum atomic E-state index is -0.343. The molecule has 0 bridgehead atoms. The van der Waals surface area contributed by atoms with Crippen LogP contribution in [-0.2, 0) is 5.75 Å². The van der Waals surface area contributed by atoms with Crippen molar-refractivity contribution < 1.29 is 8.81 Å². The summed E-state index contributed by atoms with van der Waals surface area (Å²) in [4.78, 5) is 8.34. The molecule has 0 atom stereocenters. The summed E-state index contributed by atoms with van der Waals surface area (Å²) >= 11 is 7.35. The second-order valence-corrected chi connectivity index (χ2v) is 5.16. The normalized spacial score (nSPS) is 11.1. The van der Waals surface area contributed by atoms with Gasteiger partial charge in [0.15, 0.2) is 11.2 Å². The number of pyridine rings is 1. The van der Waals surface area contributed by atoms with Gasteiger partial charge in [0.1, 0.15) is 5.82 Å². The topological polar surface area (TPSA) is 38.9 Å². The fourth-order valence-corrected chi connectivity index (χ4v) is 2.73. The quantitative estimate of drug-likeness (QED) is 0.675. The maximum Gasteiger partial charge on any atom is 0.258 e. The molecule has 0 aliphatic carbocycles. The largest absolute Gasteiger partial charge is 0.430 e. The lowest BCUT2D eigenvalue weighted by molar-refractivity contribution is 0.489. The van der Waals surface area contributed by atoms with Crippen LogP contribution in [0.3, 0.4) is 0 Å². The zero-order valence-electron chi connectivity index (χ0n) is 9.64. The van der Waals surface area contributed by atoms with Crippen LogP contribution in [0.15, 0.2) is 46.2 Å². The Morgan fingerprint density at radius 1 is 1.32 bits per heavy atom. The van der Waals surface area contributed by atoms with E-state index in [1.54, 1.807) is 18.3 Å². The molecule has 3 rings (SSSR count). The first kappa shape index (κ1) is 12.4. The van der Waals surface area contributed by atoms with Gasteiger partial charge < -0.3 is 4.42 Å². The van der Waals surface area contributed by atoms with Gasteiger partial charge in [-0.1, -0.05) is 29.4 Å². The van der Waals surface area contributed by atoms with E-state index in [4.69, 9.17) is 16.0 Å². The molecule has 0 radical (unpaired) electrons. The molecule has 96 valence electrons. The highest BCUT2D eigenvalue weighted by Crippen LogP contribution is 2.28. The van der Waals surface area contributed by atoms with Crippen LogP contribution in [0.5, 0.6) is 0 Å². The Morgan fingerprint density at radius 3 is 3.00 bits per heavy atom. The summed E-state index contributed by atoms with van der Waals surface area (Å²) in [7, 11) is 0. The number of hydrogen-bond acceptors (Lipinski definition) is 4. The predicted molar refractivity (Wildman–Crippen MR) is 72.8 cm³/mol. The number of aromatic nitrogens is 2. The third-order valence-corrected chi connectivity index (χ3v) is 3.74. The SMILES string of the molecule is Fc1ccc(CSc2nc3ncccc3o2)c(Cl)c1. The molecule has 1 aromatic carbocycles. The van der Waals surface area contributed by atoms with E-state index in [9.17, 15) is 4.39 Å². The third-order valence-electron chi connectivity index (χ3n) is 2.51. The summed E-state index contributed by atoms with van der Waals surface area (Å²) in [6, 6.07) is 7.94. The molecule has 0 unspecified atom stereocenters. The Bertz CT molecular complexity index is 698. The Labute approximate surface area is 117 Å². The maximum absolute atomic E-state index is 12.9. The van der Waals surface area contributed by atoms with E-state index < -0.39 is 0 Å². The average molecular weight is 295 g/mol. The summed E-state index contributed by atoms with van der Waals surface area (Å²) in [6.07, 6.45) is 1.66. The van der Waals surface area contributed by atoms with E-state index >= 15 is 0 Å². The van der Waals surface area contributed by atoms with Crippen LogP contribution in [0, 0.1) is 5.82 Å². The second kappa shape index (κ2) is 5.19. The number of fused-ring (bicyclic) bond motifs is 1. The third kappa shape index (κ3) is 2.72. The van der Waals surface area contributed by atoms with Crippen molar-refractivity contribution in [2.45, 2.75) is 11.0 Å². The molecule has 2 aromatic heterocycles. The molecule has 0 N–H and O–H groups in total. The highest BCUT2D eigenvalue weighted by atomic mass is 35.5. The summed E-state index contributed by atoms with van der Waals surface area (Å²) in [5.41, 5.74) is 2.06. The van der Waals surface area contributed by atoms with Gasteiger partial charge in [-0.3, -0.25) is 0 Å². The fraction of sp³-hybridized carbons (Fsp3) is 0.0769. The van der Waals surface area contributed by atoms with Gasteiger partial charge in [-0.2, -0.15) is 4.98 Å². The van der Waals surface area contributed by atoms with Crippen LogP contribution in [0.4, 0.5) is 4.39 Å². The lowest BCUT2D eigenvalue weighted by Gasteiger charge is -2.01. The molecule has 0 aliphatic heterocycles. The van der Waals surface area contributed by atoms with Gasteiger partial charge in [0.2, 0.25) is 0 Å². The molecule has 0 amide bonds. The van der Waals surface area contributed by atoms with Crippen molar-refractivity contribution in [3.05, 3.63) is 52.9 Å². The van der Waals surface area contributed by atoms with Gasteiger partial charge in [-0.25, -0.2) is 9.37 Å². The highest BCUT2D eigenvalue weighted by molar-refractivity contribution is 7.98. The number of benzene rings is 1. The van der Waals surface area contributed by atoms with Gasteiger partial charge in [-0.15, -0.1) is 0 Å². The summed E-state index contributed by atoms with van der Waals surface area (Å²) in [5.74, 6) is 0.219. The van der Waals surface area contributed by atoms with Crippen LogP contribution in [-0.4, -0.2) is 9.97 Å². The number of thioether (sulfide) groups is 1. The minimum Gasteiger partial charge on any atom is -0.430 e. The lowest BCUT2D eigenvalue weighted by Crippen LogP contribution is -1.84. The first-order valence-electron chi connectivity index (χ1n) is 5.50. The van der Waals surface area contributed by atoms with E-state index in [-0.39, 0.29) is 5.82 Å². The molecule has 0 spiro atoms. The van der Waals surface area contributed by atoms with Gasteiger partial charge in [0.25, 0.3) is 5.22 Å². The molecule has 2 heterocycles. The molecule has 3 aromatic rings. The van der Waals surface area contributed by atoms with E-state index in [2.05, 4.69) is 9.97 Å². The molecule has 3 nitrogen and oxygen atoms in total. The maximum atomic E-state index is 12.9. The number of rotatable bonds is 3. The Balaban J connectivity index is 1.78. The zero-order chi connectivity index (χ0) is 13.2. The molecule has 0 aliphatic rings. The Morgan fingerprint density at radius 2 is 2.21 bits per heavy atom. The van der Waals surface area contributed by atoms with Crippen LogP contribution in [0.2, 0.25) is 5.02 Å². The number of oxazole rings is 1. The van der Waals surface area contributed by atoms with E-state index in [1.165, 1.54) is 23.9 Å². The van der Waals surface area contributed by atoms with Gasteiger partial charge in [0, 0.05) is 17.0 Å². The van der Waals surface area contributed by atoms with E-state index in [0.717, 1.165) is 5.56 Å². The fourth-order valence-electron chi connectivity index (χ4n) is 1.59. The van der Waals surface area contributed by atoms with Crippen LogP contribution < -0.4 is 0 Å². The van der Waals surface area contributed by atoms with Crippen molar-refractivity contribution in [1.82, 2.24) is 9.97 Å². The first-order chi connectivity index (χ1) is 9.22. The van der Waals surface area contributed by atoms with Crippen molar-refractivity contribution in [1.29, 1.82) is 0 Å². The standard InChI is InChI=1S/C13H8ClFN2OS/c14-10-6-9(15)4-3-8(10)7-19-13-17-12-11(18-13)2-1-5-16-12/h1-6H,7H2. The first-order valence-corrected chi connectivity index (χ1v) is 6.87. The van der Waals surface area contributed by atoms with Gasteiger partial charge in [0.05, 0.1) is 0 Å². The highest BCUT2D eigenvalue weighted by Gasteiger charge is 2.08. The monoisotopic (exact) mass is 294 g/mol. The Kier molecular flexibility index (Phi) is 3.40. The molecule has 19 heavy (non-hydrogen) atoms. The predicted octanol–water partition coefficient (Wildman–Crippen LogP) is 4.31. The van der Waals surface area contributed by atoms with Gasteiger partial charge in [-0.05, 0) is 29.8 Å². The van der Waals surface area contributed by atoms with Crippen LogP contribution in [0.1, 0.15) is 5.56 Å².